The average Bonchev–Trinajstić information content (AvgIpc) is 1.84. The normalized spacial score (nSPS) is 14.8. The van der Waals surface area contributed by atoms with Crippen molar-refractivity contribution in [1.82, 2.24) is 0 Å². The molecule has 0 saturated carbocycles. The van der Waals surface area contributed by atoms with Gasteiger partial charge in [-0.15, -0.1) is 0 Å². The minimum absolute atomic E-state index is 0.287. The third-order valence-corrected chi connectivity index (χ3v) is 3.45. The summed E-state index contributed by atoms with van der Waals surface area (Å²) in [6, 6.07) is 0. The van der Waals surface area contributed by atoms with Crippen LogP contribution in [0.15, 0.2) is 0 Å². The number of halogens is 1. The Kier molecular flexibility index (Phi) is 5.34. The van der Waals surface area contributed by atoms with Gasteiger partial charge in [0.2, 0.25) is 0 Å². The Morgan fingerprint density at radius 3 is 2.27 bits per heavy atom. The fourth-order valence-corrected chi connectivity index (χ4v) is 3.04. The number of sulfone groups is 1. The molecule has 0 heterocycles. The van der Waals surface area contributed by atoms with Crippen LogP contribution in [0.4, 0.5) is 0 Å². The molecule has 0 bridgehead atoms. The van der Waals surface area contributed by atoms with Crippen molar-refractivity contribution in [2.24, 2.45) is 5.92 Å². The Balaban J connectivity index is 3.88. The van der Waals surface area contributed by atoms with Gasteiger partial charge in [0.05, 0.1) is 5.75 Å². The fourth-order valence-electron chi connectivity index (χ4n) is 1.04. The minimum atomic E-state index is -2.79. The average molecular weight is 243 g/mol. The lowest BCUT2D eigenvalue weighted by atomic mass is 10.1. The van der Waals surface area contributed by atoms with E-state index in [0.29, 0.717) is 5.75 Å². The minimum Gasteiger partial charge on any atom is -0.229 e. The van der Waals surface area contributed by atoms with Gasteiger partial charge in [-0.3, -0.25) is 0 Å². The van der Waals surface area contributed by atoms with Crippen LogP contribution < -0.4 is 0 Å². The molecule has 1 atom stereocenters. The van der Waals surface area contributed by atoms with Crippen molar-refractivity contribution in [1.29, 1.82) is 0 Å². The van der Waals surface area contributed by atoms with Gasteiger partial charge in [0.1, 0.15) is 9.84 Å². The topological polar surface area (TPSA) is 34.1 Å². The Hall–Kier alpha value is 0.430. The van der Waals surface area contributed by atoms with E-state index in [1.165, 1.54) is 6.26 Å². The molecule has 0 aromatic rings. The van der Waals surface area contributed by atoms with Crippen LogP contribution in [0.5, 0.6) is 0 Å². The molecule has 0 N–H and O–H groups in total. The summed E-state index contributed by atoms with van der Waals surface area (Å²) in [4.78, 5) is 0. The Morgan fingerprint density at radius 2 is 2.00 bits per heavy atom. The largest absolute Gasteiger partial charge is 0.229 e. The summed E-state index contributed by atoms with van der Waals surface area (Å²) in [5, 5.41) is 0.786. The Morgan fingerprint density at radius 1 is 1.45 bits per heavy atom. The molecule has 0 aliphatic heterocycles. The van der Waals surface area contributed by atoms with E-state index in [1.807, 2.05) is 0 Å². The molecule has 0 aliphatic rings. The standard InChI is InChI=1S/C7H15BrO2S/c1-3-4-7(5-8)6-11(2,9)10/h7H,3-6H2,1-2H3. The molecule has 0 spiro atoms. The predicted molar refractivity (Wildman–Crippen MR) is 51.9 cm³/mol. The van der Waals surface area contributed by atoms with Crippen LogP contribution in [0.1, 0.15) is 19.8 Å². The first-order chi connectivity index (χ1) is 4.99. The van der Waals surface area contributed by atoms with Crippen molar-refractivity contribution in [2.75, 3.05) is 17.3 Å². The lowest BCUT2D eigenvalue weighted by Gasteiger charge is -2.10. The summed E-state index contributed by atoms with van der Waals surface area (Å²) in [5.74, 6) is 0.599. The van der Waals surface area contributed by atoms with Crippen LogP contribution >= 0.6 is 15.9 Å². The maximum atomic E-state index is 10.9. The Bertz CT molecular complexity index is 187. The van der Waals surface area contributed by atoms with E-state index in [2.05, 4.69) is 22.9 Å². The predicted octanol–water partition coefficient (Wildman–Crippen LogP) is 1.84. The lowest BCUT2D eigenvalue weighted by Crippen LogP contribution is -2.15. The van der Waals surface area contributed by atoms with Gasteiger partial charge >= 0.3 is 0 Å². The molecule has 4 heteroatoms. The zero-order chi connectivity index (χ0) is 8.91. The van der Waals surface area contributed by atoms with E-state index in [1.54, 1.807) is 0 Å². The van der Waals surface area contributed by atoms with Crippen molar-refractivity contribution in [3.63, 3.8) is 0 Å². The summed E-state index contributed by atoms with van der Waals surface area (Å²) >= 11 is 3.31. The maximum absolute atomic E-state index is 10.9. The van der Waals surface area contributed by atoms with Crippen molar-refractivity contribution in [2.45, 2.75) is 19.8 Å². The molecule has 0 radical (unpaired) electrons. The van der Waals surface area contributed by atoms with Gasteiger partial charge < -0.3 is 0 Å². The van der Waals surface area contributed by atoms with Crippen molar-refractivity contribution >= 4 is 25.8 Å². The molecule has 0 aromatic heterocycles. The zero-order valence-corrected chi connectivity index (χ0v) is 9.41. The summed E-state index contributed by atoms with van der Waals surface area (Å²) in [6.07, 6.45) is 3.32. The van der Waals surface area contributed by atoms with E-state index in [-0.39, 0.29) is 5.92 Å². The third-order valence-electron chi connectivity index (χ3n) is 1.45. The molecule has 2 nitrogen and oxygen atoms in total. The SMILES string of the molecule is CCCC(CBr)CS(C)(=O)=O. The fraction of sp³-hybridized carbons (Fsp3) is 1.00. The summed E-state index contributed by atoms with van der Waals surface area (Å²) in [7, 11) is -2.79. The molecule has 0 aliphatic carbocycles. The monoisotopic (exact) mass is 242 g/mol. The summed E-state index contributed by atoms with van der Waals surface area (Å²) < 4.78 is 21.7. The second kappa shape index (κ2) is 5.14. The van der Waals surface area contributed by atoms with Gasteiger partial charge in [-0.1, -0.05) is 29.3 Å². The van der Waals surface area contributed by atoms with Gasteiger partial charge in [0.25, 0.3) is 0 Å². The quantitative estimate of drug-likeness (QED) is 0.690. The van der Waals surface area contributed by atoms with Crippen molar-refractivity contribution < 1.29 is 8.42 Å². The van der Waals surface area contributed by atoms with Crippen LogP contribution in [0.3, 0.4) is 0 Å². The van der Waals surface area contributed by atoms with Gasteiger partial charge in [0, 0.05) is 11.6 Å². The molecule has 0 fully saturated rings. The first kappa shape index (κ1) is 11.4. The first-order valence-electron chi connectivity index (χ1n) is 3.73. The highest BCUT2D eigenvalue weighted by Gasteiger charge is 2.12. The van der Waals surface area contributed by atoms with E-state index in [0.717, 1.165) is 18.2 Å². The molecule has 0 aromatic carbocycles. The number of rotatable bonds is 5. The Labute approximate surface area is 77.4 Å². The molecular weight excluding hydrogens is 228 g/mol. The number of hydrogen-bond acceptors (Lipinski definition) is 2. The molecule has 68 valence electrons. The highest BCUT2D eigenvalue weighted by molar-refractivity contribution is 9.09. The molecule has 0 rings (SSSR count). The number of alkyl halides is 1. The van der Waals surface area contributed by atoms with Crippen LogP contribution in [-0.4, -0.2) is 25.8 Å². The van der Waals surface area contributed by atoms with E-state index in [4.69, 9.17) is 0 Å². The lowest BCUT2D eigenvalue weighted by molar-refractivity contribution is 0.556. The molecule has 0 saturated heterocycles. The maximum Gasteiger partial charge on any atom is 0.147 e. The van der Waals surface area contributed by atoms with Crippen molar-refractivity contribution in [3.8, 4) is 0 Å². The molecular formula is C7H15BrO2S. The van der Waals surface area contributed by atoms with Gasteiger partial charge in [-0.2, -0.15) is 0 Å². The second-order valence-electron chi connectivity index (χ2n) is 2.90. The number of hydrogen-bond donors (Lipinski definition) is 0. The van der Waals surface area contributed by atoms with E-state index < -0.39 is 9.84 Å². The van der Waals surface area contributed by atoms with Crippen LogP contribution in [0.2, 0.25) is 0 Å². The van der Waals surface area contributed by atoms with Gasteiger partial charge in [-0.25, -0.2) is 8.42 Å². The van der Waals surface area contributed by atoms with Gasteiger partial charge in [-0.05, 0) is 12.3 Å². The molecule has 1 unspecified atom stereocenters. The summed E-state index contributed by atoms with van der Waals surface area (Å²) in [5.41, 5.74) is 0. The third kappa shape index (κ3) is 6.81. The van der Waals surface area contributed by atoms with Crippen LogP contribution in [0.25, 0.3) is 0 Å². The first-order valence-corrected chi connectivity index (χ1v) is 6.91. The van der Waals surface area contributed by atoms with Gasteiger partial charge in [0.15, 0.2) is 0 Å². The second-order valence-corrected chi connectivity index (χ2v) is 5.73. The van der Waals surface area contributed by atoms with E-state index in [9.17, 15) is 8.42 Å². The zero-order valence-electron chi connectivity index (χ0n) is 7.01. The van der Waals surface area contributed by atoms with Crippen LogP contribution in [-0.2, 0) is 9.84 Å². The molecule has 0 amide bonds. The van der Waals surface area contributed by atoms with Crippen LogP contribution in [0, 0.1) is 5.92 Å². The molecule has 11 heavy (non-hydrogen) atoms. The summed E-state index contributed by atoms with van der Waals surface area (Å²) in [6.45, 7) is 2.07. The highest BCUT2D eigenvalue weighted by Crippen LogP contribution is 2.11. The highest BCUT2D eigenvalue weighted by atomic mass is 79.9. The van der Waals surface area contributed by atoms with E-state index >= 15 is 0 Å². The van der Waals surface area contributed by atoms with Crippen molar-refractivity contribution in [3.05, 3.63) is 0 Å². The smallest absolute Gasteiger partial charge is 0.147 e.